The van der Waals surface area contributed by atoms with Crippen LogP contribution in [-0.4, -0.2) is 47.7 Å². The van der Waals surface area contributed by atoms with E-state index in [1.54, 1.807) is 0 Å². The molecule has 4 nitrogen and oxygen atoms in total. The highest BCUT2D eigenvalue weighted by molar-refractivity contribution is 5.74. The summed E-state index contributed by atoms with van der Waals surface area (Å²) in [6, 6.07) is 0.0909. The molecule has 0 spiro atoms. The van der Waals surface area contributed by atoms with Crippen LogP contribution in [0, 0.1) is 5.92 Å². The Hall–Kier alpha value is -0.610. The predicted molar refractivity (Wildman–Crippen MR) is 57.8 cm³/mol. The summed E-state index contributed by atoms with van der Waals surface area (Å²) in [4.78, 5) is 13.2. The van der Waals surface area contributed by atoms with Crippen LogP contribution in [-0.2, 0) is 4.79 Å². The van der Waals surface area contributed by atoms with Crippen LogP contribution in [0.1, 0.15) is 26.2 Å². The first-order valence-electron chi connectivity index (χ1n) is 5.87. The molecule has 1 heterocycles. The van der Waals surface area contributed by atoms with Crippen LogP contribution in [0.5, 0.6) is 0 Å². The third-order valence-electron chi connectivity index (χ3n) is 3.51. The fourth-order valence-electron chi connectivity index (χ4n) is 2.45. The molecule has 2 N–H and O–H groups in total. The molecule has 2 aliphatic rings. The van der Waals surface area contributed by atoms with Crippen molar-refractivity contribution in [3.63, 3.8) is 0 Å². The van der Waals surface area contributed by atoms with Crippen LogP contribution in [0.2, 0.25) is 0 Å². The largest absolute Gasteiger partial charge is 0.480 e. The van der Waals surface area contributed by atoms with Crippen molar-refractivity contribution in [3.8, 4) is 0 Å². The molecule has 1 saturated heterocycles. The lowest BCUT2D eigenvalue weighted by Crippen LogP contribution is -2.57. The van der Waals surface area contributed by atoms with Gasteiger partial charge in [0.25, 0.3) is 0 Å². The van der Waals surface area contributed by atoms with E-state index >= 15 is 0 Å². The van der Waals surface area contributed by atoms with Crippen molar-refractivity contribution >= 4 is 5.97 Å². The van der Waals surface area contributed by atoms with E-state index in [0.717, 1.165) is 19.0 Å². The minimum atomic E-state index is -0.690. The zero-order chi connectivity index (χ0) is 10.8. The Bertz CT molecular complexity index is 241. The standard InChI is InChI=1S/C11H20N2O2/c1-8(6-9-2-3-9)13-5-4-12-7-10(13)11(14)15/h8-10,12H,2-7H2,1H3,(H,14,15). The Labute approximate surface area is 90.6 Å². The Morgan fingerprint density at radius 1 is 1.60 bits per heavy atom. The van der Waals surface area contributed by atoms with Gasteiger partial charge in [0.1, 0.15) is 6.04 Å². The van der Waals surface area contributed by atoms with Gasteiger partial charge in [0, 0.05) is 25.7 Å². The molecule has 2 fully saturated rings. The minimum absolute atomic E-state index is 0.326. The van der Waals surface area contributed by atoms with Gasteiger partial charge in [-0.2, -0.15) is 0 Å². The second-order valence-electron chi connectivity index (χ2n) is 4.82. The molecular formula is C11H20N2O2. The Balaban J connectivity index is 1.92. The number of nitrogens with one attached hydrogen (secondary N) is 1. The summed E-state index contributed by atoms with van der Waals surface area (Å²) in [5.41, 5.74) is 0. The number of carboxylic acid groups (broad SMARTS) is 1. The molecule has 1 saturated carbocycles. The molecule has 2 unspecified atom stereocenters. The summed E-state index contributed by atoms with van der Waals surface area (Å²) in [6.45, 7) is 4.54. The zero-order valence-electron chi connectivity index (χ0n) is 9.28. The summed E-state index contributed by atoms with van der Waals surface area (Å²) in [7, 11) is 0. The number of hydrogen-bond donors (Lipinski definition) is 2. The van der Waals surface area contributed by atoms with E-state index in [2.05, 4.69) is 17.1 Å². The van der Waals surface area contributed by atoms with Gasteiger partial charge in [-0.1, -0.05) is 12.8 Å². The lowest BCUT2D eigenvalue weighted by Gasteiger charge is -2.38. The van der Waals surface area contributed by atoms with Crippen molar-refractivity contribution in [2.45, 2.75) is 38.3 Å². The highest BCUT2D eigenvalue weighted by Gasteiger charge is 2.34. The van der Waals surface area contributed by atoms with Crippen LogP contribution >= 0.6 is 0 Å². The molecule has 15 heavy (non-hydrogen) atoms. The molecule has 0 aromatic rings. The van der Waals surface area contributed by atoms with Crippen LogP contribution in [0.3, 0.4) is 0 Å². The van der Waals surface area contributed by atoms with Crippen molar-refractivity contribution < 1.29 is 9.90 Å². The van der Waals surface area contributed by atoms with Gasteiger partial charge in [-0.3, -0.25) is 9.69 Å². The molecule has 86 valence electrons. The number of piperazine rings is 1. The quantitative estimate of drug-likeness (QED) is 0.714. The average molecular weight is 212 g/mol. The lowest BCUT2D eigenvalue weighted by atomic mass is 10.1. The summed E-state index contributed by atoms with van der Waals surface area (Å²) < 4.78 is 0. The van der Waals surface area contributed by atoms with E-state index < -0.39 is 5.97 Å². The van der Waals surface area contributed by atoms with Gasteiger partial charge in [-0.05, 0) is 19.3 Å². The van der Waals surface area contributed by atoms with Crippen LogP contribution in [0.25, 0.3) is 0 Å². The van der Waals surface area contributed by atoms with Gasteiger partial charge in [0.2, 0.25) is 0 Å². The maximum atomic E-state index is 11.1. The summed E-state index contributed by atoms with van der Waals surface area (Å²) in [5, 5.41) is 12.3. The highest BCUT2D eigenvalue weighted by Crippen LogP contribution is 2.35. The normalized spacial score (nSPS) is 30.1. The van der Waals surface area contributed by atoms with Crippen molar-refractivity contribution in [2.24, 2.45) is 5.92 Å². The van der Waals surface area contributed by atoms with Crippen molar-refractivity contribution in [3.05, 3.63) is 0 Å². The number of rotatable bonds is 4. The molecule has 2 atom stereocenters. The topological polar surface area (TPSA) is 52.6 Å². The van der Waals surface area contributed by atoms with Crippen molar-refractivity contribution in [2.75, 3.05) is 19.6 Å². The van der Waals surface area contributed by atoms with E-state index in [1.165, 1.54) is 19.3 Å². The molecule has 0 amide bonds. The van der Waals surface area contributed by atoms with E-state index in [-0.39, 0.29) is 6.04 Å². The van der Waals surface area contributed by atoms with Crippen molar-refractivity contribution in [1.29, 1.82) is 0 Å². The van der Waals surface area contributed by atoms with Gasteiger partial charge in [0.05, 0.1) is 0 Å². The van der Waals surface area contributed by atoms with Gasteiger partial charge < -0.3 is 10.4 Å². The fourth-order valence-corrected chi connectivity index (χ4v) is 2.45. The van der Waals surface area contributed by atoms with Gasteiger partial charge in [0.15, 0.2) is 0 Å². The second kappa shape index (κ2) is 4.49. The monoisotopic (exact) mass is 212 g/mol. The minimum Gasteiger partial charge on any atom is -0.480 e. The molecule has 0 aromatic heterocycles. The van der Waals surface area contributed by atoms with E-state index in [0.29, 0.717) is 12.6 Å². The second-order valence-corrected chi connectivity index (χ2v) is 4.82. The van der Waals surface area contributed by atoms with Gasteiger partial charge in [-0.25, -0.2) is 0 Å². The fraction of sp³-hybridized carbons (Fsp3) is 0.909. The van der Waals surface area contributed by atoms with Crippen molar-refractivity contribution in [1.82, 2.24) is 10.2 Å². The Morgan fingerprint density at radius 3 is 2.93 bits per heavy atom. The highest BCUT2D eigenvalue weighted by atomic mass is 16.4. The molecule has 1 aliphatic carbocycles. The SMILES string of the molecule is CC(CC1CC1)N1CCNCC1C(=O)O. The van der Waals surface area contributed by atoms with Crippen LogP contribution < -0.4 is 5.32 Å². The Morgan fingerprint density at radius 2 is 2.33 bits per heavy atom. The number of nitrogens with zero attached hydrogens (tertiary/aromatic N) is 1. The summed E-state index contributed by atoms with van der Waals surface area (Å²) in [5.74, 6) is 0.175. The zero-order valence-corrected chi connectivity index (χ0v) is 9.28. The first-order valence-corrected chi connectivity index (χ1v) is 5.87. The van der Waals surface area contributed by atoms with Gasteiger partial charge >= 0.3 is 5.97 Å². The molecule has 1 aliphatic heterocycles. The summed E-state index contributed by atoms with van der Waals surface area (Å²) >= 11 is 0. The smallest absolute Gasteiger partial charge is 0.322 e. The predicted octanol–water partition coefficient (Wildman–Crippen LogP) is 0.533. The maximum absolute atomic E-state index is 11.1. The average Bonchev–Trinajstić information content (AvgIpc) is 3.01. The number of aliphatic carboxylic acids is 1. The van der Waals surface area contributed by atoms with Crippen LogP contribution in [0.15, 0.2) is 0 Å². The molecule has 0 aromatic carbocycles. The molecule has 0 bridgehead atoms. The number of carboxylic acids is 1. The lowest BCUT2D eigenvalue weighted by molar-refractivity contribution is -0.145. The third-order valence-corrected chi connectivity index (χ3v) is 3.51. The molecular weight excluding hydrogens is 192 g/mol. The Kier molecular flexibility index (Phi) is 3.26. The number of hydrogen-bond acceptors (Lipinski definition) is 3. The maximum Gasteiger partial charge on any atom is 0.322 e. The van der Waals surface area contributed by atoms with E-state index in [4.69, 9.17) is 5.11 Å². The first kappa shape index (κ1) is 10.9. The van der Waals surface area contributed by atoms with Crippen LogP contribution in [0.4, 0.5) is 0 Å². The summed E-state index contributed by atoms with van der Waals surface area (Å²) in [6.07, 6.45) is 3.85. The molecule has 4 heteroatoms. The molecule has 2 rings (SSSR count). The van der Waals surface area contributed by atoms with E-state index in [1.807, 2.05) is 0 Å². The number of carbonyl (C=O) groups is 1. The van der Waals surface area contributed by atoms with E-state index in [9.17, 15) is 4.79 Å². The van der Waals surface area contributed by atoms with Gasteiger partial charge in [-0.15, -0.1) is 0 Å². The first-order chi connectivity index (χ1) is 7.18. The molecule has 0 radical (unpaired) electrons. The third kappa shape index (κ3) is 2.69.